The Bertz CT molecular complexity index is 348. The van der Waals surface area contributed by atoms with Gasteiger partial charge in [-0.25, -0.2) is 0 Å². The molecular weight excluding hydrogens is 160 g/mol. The molecule has 0 bridgehead atoms. The molecule has 0 N–H and O–H groups in total. The maximum atomic E-state index is 11.5. The lowest BCUT2D eigenvalue weighted by atomic mass is 10.0. The molecule has 0 radical (unpaired) electrons. The van der Waals surface area contributed by atoms with Crippen LogP contribution in [0.4, 0.5) is 0 Å². The fourth-order valence-electron chi connectivity index (χ4n) is 1.33. The summed E-state index contributed by atoms with van der Waals surface area (Å²) >= 11 is 0. The third-order valence-electron chi connectivity index (χ3n) is 1.97. The Morgan fingerprint density at radius 3 is 2.54 bits per heavy atom. The highest BCUT2D eigenvalue weighted by Crippen LogP contribution is 2.11. The Hall–Kier alpha value is -1.37. The number of hydrogen-bond donors (Lipinski definition) is 0. The smallest absolute Gasteiger partial charge is 0.185 e. The Morgan fingerprint density at radius 1 is 1.31 bits per heavy atom. The van der Waals surface area contributed by atoms with E-state index in [1.165, 1.54) is 5.56 Å². The van der Waals surface area contributed by atoms with Crippen LogP contribution in [-0.4, -0.2) is 5.78 Å². The van der Waals surface area contributed by atoms with Crippen molar-refractivity contribution < 1.29 is 4.79 Å². The molecule has 1 rings (SSSR count). The minimum Gasteiger partial charge on any atom is -0.289 e. The van der Waals surface area contributed by atoms with Gasteiger partial charge in [0.25, 0.3) is 0 Å². The minimum atomic E-state index is 0.0833. The highest BCUT2D eigenvalue weighted by Gasteiger charge is 2.04. The summed E-state index contributed by atoms with van der Waals surface area (Å²) in [5.41, 5.74) is 3.03. The third-order valence-corrected chi connectivity index (χ3v) is 1.97. The largest absolute Gasteiger partial charge is 0.289 e. The van der Waals surface area contributed by atoms with E-state index in [1.54, 1.807) is 12.2 Å². The van der Waals surface area contributed by atoms with Gasteiger partial charge in [0.1, 0.15) is 0 Å². The molecule has 0 amide bonds. The third kappa shape index (κ3) is 2.28. The molecular formula is C12H14O. The first-order valence-corrected chi connectivity index (χ1v) is 4.39. The summed E-state index contributed by atoms with van der Waals surface area (Å²) in [7, 11) is 0. The van der Waals surface area contributed by atoms with Crippen LogP contribution in [0.1, 0.15) is 28.4 Å². The van der Waals surface area contributed by atoms with E-state index in [2.05, 4.69) is 0 Å². The van der Waals surface area contributed by atoms with Crippen LogP contribution in [0.15, 0.2) is 30.4 Å². The summed E-state index contributed by atoms with van der Waals surface area (Å²) in [6, 6.07) is 5.87. The zero-order valence-electron chi connectivity index (χ0n) is 8.29. The normalized spacial score (nSPS) is 10.7. The number of carbonyl (C=O) groups is 1. The Morgan fingerprint density at radius 2 is 2.00 bits per heavy atom. The molecule has 0 saturated carbocycles. The van der Waals surface area contributed by atoms with Gasteiger partial charge in [0.2, 0.25) is 0 Å². The molecule has 0 unspecified atom stereocenters. The number of hydrogen-bond acceptors (Lipinski definition) is 1. The zero-order valence-corrected chi connectivity index (χ0v) is 8.29. The van der Waals surface area contributed by atoms with Crippen molar-refractivity contribution in [2.24, 2.45) is 0 Å². The minimum absolute atomic E-state index is 0.0833. The molecule has 0 aliphatic carbocycles. The van der Waals surface area contributed by atoms with E-state index in [1.807, 2.05) is 39.0 Å². The molecule has 0 spiro atoms. The van der Waals surface area contributed by atoms with Gasteiger partial charge in [0.05, 0.1) is 0 Å². The highest BCUT2D eigenvalue weighted by molar-refractivity contribution is 6.05. The zero-order chi connectivity index (χ0) is 9.84. The lowest BCUT2D eigenvalue weighted by Crippen LogP contribution is -1.97. The van der Waals surface area contributed by atoms with E-state index in [9.17, 15) is 4.79 Å². The van der Waals surface area contributed by atoms with Gasteiger partial charge < -0.3 is 0 Å². The predicted octanol–water partition coefficient (Wildman–Crippen LogP) is 3.06. The van der Waals surface area contributed by atoms with E-state index in [-0.39, 0.29) is 5.78 Å². The van der Waals surface area contributed by atoms with Crippen LogP contribution in [0.5, 0.6) is 0 Å². The Kier molecular flexibility index (Phi) is 3.02. The summed E-state index contributed by atoms with van der Waals surface area (Å²) in [5.74, 6) is 0.0833. The van der Waals surface area contributed by atoms with Crippen LogP contribution in [0.2, 0.25) is 0 Å². The fourth-order valence-corrected chi connectivity index (χ4v) is 1.33. The topological polar surface area (TPSA) is 17.1 Å². The molecule has 0 saturated heterocycles. The molecule has 1 nitrogen and oxygen atoms in total. The predicted molar refractivity (Wildman–Crippen MR) is 55.1 cm³/mol. The first-order chi connectivity index (χ1) is 6.15. The summed E-state index contributed by atoms with van der Waals surface area (Å²) in [5, 5.41) is 0. The summed E-state index contributed by atoms with van der Waals surface area (Å²) in [4.78, 5) is 11.5. The van der Waals surface area contributed by atoms with Crippen molar-refractivity contribution in [2.45, 2.75) is 20.8 Å². The SMILES string of the molecule is CC=CC(=O)c1ccc(C)cc1C. The quantitative estimate of drug-likeness (QED) is 0.497. The molecule has 68 valence electrons. The van der Waals surface area contributed by atoms with Crippen molar-refractivity contribution in [3.8, 4) is 0 Å². The second-order valence-corrected chi connectivity index (χ2v) is 3.18. The molecule has 0 atom stereocenters. The van der Waals surface area contributed by atoms with Gasteiger partial charge in [-0.3, -0.25) is 4.79 Å². The molecule has 0 aliphatic rings. The van der Waals surface area contributed by atoms with Gasteiger partial charge in [-0.2, -0.15) is 0 Å². The Labute approximate surface area is 79.1 Å². The summed E-state index contributed by atoms with van der Waals surface area (Å²) in [6.07, 6.45) is 3.36. The number of ketones is 1. The van der Waals surface area contributed by atoms with Crippen molar-refractivity contribution >= 4 is 5.78 Å². The van der Waals surface area contributed by atoms with Crippen LogP contribution in [0, 0.1) is 13.8 Å². The van der Waals surface area contributed by atoms with E-state index in [0.717, 1.165) is 11.1 Å². The maximum Gasteiger partial charge on any atom is 0.185 e. The first kappa shape index (κ1) is 9.72. The van der Waals surface area contributed by atoms with Gasteiger partial charge in [0, 0.05) is 5.56 Å². The number of benzene rings is 1. The monoisotopic (exact) mass is 174 g/mol. The highest BCUT2D eigenvalue weighted by atomic mass is 16.1. The molecule has 0 aliphatic heterocycles. The molecule has 0 fully saturated rings. The van der Waals surface area contributed by atoms with Gasteiger partial charge in [-0.05, 0) is 32.4 Å². The van der Waals surface area contributed by atoms with Crippen LogP contribution < -0.4 is 0 Å². The van der Waals surface area contributed by atoms with E-state index in [4.69, 9.17) is 0 Å². The number of rotatable bonds is 2. The van der Waals surface area contributed by atoms with Crippen molar-refractivity contribution in [1.29, 1.82) is 0 Å². The molecule has 0 heterocycles. The lowest BCUT2D eigenvalue weighted by Gasteiger charge is -2.02. The van der Waals surface area contributed by atoms with Gasteiger partial charge in [0.15, 0.2) is 5.78 Å². The number of allylic oxidation sites excluding steroid dienone is 2. The van der Waals surface area contributed by atoms with Gasteiger partial charge in [-0.15, -0.1) is 0 Å². The lowest BCUT2D eigenvalue weighted by molar-refractivity contribution is 0.104. The van der Waals surface area contributed by atoms with Crippen LogP contribution in [-0.2, 0) is 0 Å². The van der Waals surface area contributed by atoms with Crippen LogP contribution in [0.3, 0.4) is 0 Å². The van der Waals surface area contributed by atoms with Gasteiger partial charge >= 0.3 is 0 Å². The average molecular weight is 174 g/mol. The van der Waals surface area contributed by atoms with E-state index in [0.29, 0.717) is 0 Å². The second kappa shape index (κ2) is 4.04. The number of carbonyl (C=O) groups excluding carboxylic acids is 1. The standard InChI is InChI=1S/C12H14O/c1-4-5-12(13)11-7-6-9(2)8-10(11)3/h4-8H,1-3H3. The number of aryl methyl sites for hydroxylation is 2. The van der Waals surface area contributed by atoms with Crippen molar-refractivity contribution in [3.63, 3.8) is 0 Å². The summed E-state index contributed by atoms with van der Waals surface area (Å²) < 4.78 is 0. The van der Waals surface area contributed by atoms with Crippen LogP contribution in [0.25, 0.3) is 0 Å². The van der Waals surface area contributed by atoms with Crippen molar-refractivity contribution in [2.75, 3.05) is 0 Å². The average Bonchev–Trinajstić information content (AvgIpc) is 2.04. The van der Waals surface area contributed by atoms with E-state index < -0.39 is 0 Å². The molecule has 1 heteroatoms. The van der Waals surface area contributed by atoms with Crippen LogP contribution >= 0.6 is 0 Å². The van der Waals surface area contributed by atoms with Crippen molar-refractivity contribution in [3.05, 3.63) is 47.0 Å². The van der Waals surface area contributed by atoms with E-state index >= 15 is 0 Å². The fraction of sp³-hybridized carbons (Fsp3) is 0.250. The second-order valence-electron chi connectivity index (χ2n) is 3.18. The molecule has 0 aromatic heterocycles. The Balaban J connectivity index is 3.09. The van der Waals surface area contributed by atoms with Gasteiger partial charge in [-0.1, -0.05) is 29.8 Å². The molecule has 1 aromatic carbocycles. The first-order valence-electron chi connectivity index (χ1n) is 4.39. The molecule has 13 heavy (non-hydrogen) atoms. The van der Waals surface area contributed by atoms with Crippen molar-refractivity contribution in [1.82, 2.24) is 0 Å². The summed E-state index contributed by atoms with van der Waals surface area (Å²) in [6.45, 7) is 5.84. The molecule has 1 aromatic rings. The maximum absolute atomic E-state index is 11.5.